The van der Waals surface area contributed by atoms with Gasteiger partial charge in [0.1, 0.15) is 0 Å². The van der Waals surface area contributed by atoms with E-state index in [1.165, 1.54) is 11.3 Å². The quantitative estimate of drug-likeness (QED) is 0.678. The van der Waals surface area contributed by atoms with Gasteiger partial charge in [-0.3, -0.25) is 4.79 Å². The van der Waals surface area contributed by atoms with Crippen molar-refractivity contribution in [3.63, 3.8) is 0 Å². The Morgan fingerprint density at radius 2 is 2.50 bits per heavy atom. The second kappa shape index (κ2) is 2.45. The van der Waals surface area contributed by atoms with Gasteiger partial charge in [-0.05, 0) is 12.8 Å². The number of anilines is 1. The highest BCUT2D eigenvalue weighted by Crippen LogP contribution is 2.38. The molecule has 1 atom stereocenters. The van der Waals surface area contributed by atoms with Crippen molar-refractivity contribution in [3.05, 3.63) is 10.6 Å². The van der Waals surface area contributed by atoms with Crippen LogP contribution < -0.4 is 5.73 Å². The zero-order valence-corrected chi connectivity index (χ0v) is 7.10. The third-order valence-corrected chi connectivity index (χ3v) is 3.07. The molecule has 3 N–H and O–H groups in total. The highest BCUT2D eigenvalue weighted by molar-refractivity contribution is 7.15. The first-order valence-electron chi connectivity index (χ1n) is 3.66. The number of hydrogen-bond donors (Lipinski definition) is 2. The minimum absolute atomic E-state index is 0.366. The van der Waals surface area contributed by atoms with Crippen LogP contribution in [0.5, 0.6) is 0 Å². The molecule has 0 aliphatic heterocycles. The number of carboxylic acids is 1. The molecule has 0 amide bonds. The van der Waals surface area contributed by atoms with Gasteiger partial charge < -0.3 is 10.8 Å². The molecule has 1 aliphatic carbocycles. The van der Waals surface area contributed by atoms with Crippen molar-refractivity contribution in [1.29, 1.82) is 0 Å². The van der Waals surface area contributed by atoms with Gasteiger partial charge in [0.2, 0.25) is 0 Å². The smallest absolute Gasteiger partial charge is 0.311 e. The van der Waals surface area contributed by atoms with Crippen LogP contribution in [0.25, 0.3) is 0 Å². The molecule has 1 aliphatic rings. The molecule has 0 aromatic carbocycles. The average molecular weight is 184 g/mol. The predicted molar refractivity (Wildman–Crippen MR) is 45.2 cm³/mol. The minimum atomic E-state index is -0.766. The van der Waals surface area contributed by atoms with Crippen LogP contribution in [-0.4, -0.2) is 16.1 Å². The number of nitrogens with two attached hydrogens (primary N) is 1. The second-order valence-electron chi connectivity index (χ2n) is 2.79. The molecule has 64 valence electrons. The Kier molecular flexibility index (Phi) is 1.54. The van der Waals surface area contributed by atoms with Crippen LogP contribution in [-0.2, 0) is 11.2 Å². The monoisotopic (exact) mass is 184 g/mol. The summed E-state index contributed by atoms with van der Waals surface area (Å²) in [5, 5.41) is 9.29. The summed E-state index contributed by atoms with van der Waals surface area (Å²) in [6.07, 6.45) is 1.42. The average Bonchev–Trinajstić information content (AvgIpc) is 2.43. The van der Waals surface area contributed by atoms with E-state index in [1.54, 1.807) is 0 Å². The lowest BCUT2D eigenvalue weighted by Gasteiger charge is -1.99. The number of aromatic nitrogens is 1. The number of carboxylic acid groups (broad SMARTS) is 1. The van der Waals surface area contributed by atoms with E-state index in [0.717, 1.165) is 17.0 Å². The number of aliphatic carboxylic acids is 1. The SMILES string of the molecule is Nc1nc2c(s1)C(C(=O)O)CC2. The predicted octanol–water partition coefficient (Wildman–Crippen LogP) is 0.840. The fraction of sp³-hybridized carbons (Fsp3) is 0.429. The van der Waals surface area contributed by atoms with Crippen LogP contribution in [0, 0.1) is 0 Å². The van der Waals surface area contributed by atoms with E-state index < -0.39 is 5.97 Å². The Morgan fingerprint density at radius 1 is 1.75 bits per heavy atom. The number of nitrogens with zero attached hydrogens (tertiary/aromatic N) is 1. The number of aryl methyl sites for hydroxylation is 1. The van der Waals surface area contributed by atoms with E-state index in [-0.39, 0.29) is 5.92 Å². The number of fused-ring (bicyclic) bond motifs is 1. The maximum Gasteiger partial charge on any atom is 0.311 e. The molecule has 1 aromatic rings. The number of hydrogen-bond acceptors (Lipinski definition) is 4. The number of rotatable bonds is 1. The first-order chi connectivity index (χ1) is 5.68. The Bertz CT molecular complexity index is 334. The summed E-state index contributed by atoms with van der Waals surface area (Å²) in [4.78, 5) is 15.6. The molecule has 1 unspecified atom stereocenters. The van der Waals surface area contributed by atoms with Gasteiger partial charge in [-0.2, -0.15) is 0 Å². The molecule has 12 heavy (non-hydrogen) atoms. The summed E-state index contributed by atoms with van der Waals surface area (Å²) in [6.45, 7) is 0. The maximum absolute atomic E-state index is 10.7. The van der Waals surface area contributed by atoms with Crippen LogP contribution in [0.1, 0.15) is 22.9 Å². The van der Waals surface area contributed by atoms with E-state index in [9.17, 15) is 4.79 Å². The lowest BCUT2D eigenvalue weighted by Crippen LogP contribution is -2.06. The summed E-state index contributed by atoms with van der Waals surface area (Å²) in [5.41, 5.74) is 6.35. The Morgan fingerprint density at radius 3 is 3.17 bits per heavy atom. The number of carbonyl (C=O) groups is 1. The zero-order valence-electron chi connectivity index (χ0n) is 6.28. The summed E-state index contributed by atoms with van der Waals surface area (Å²) < 4.78 is 0. The van der Waals surface area contributed by atoms with Crippen LogP contribution in [0.15, 0.2) is 0 Å². The lowest BCUT2D eigenvalue weighted by atomic mass is 10.1. The van der Waals surface area contributed by atoms with Crippen LogP contribution in [0.4, 0.5) is 5.13 Å². The van der Waals surface area contributed by atoms with Crippen molar-refractivity contribution >= 4 is 22.4 Å². The fourth-order valence-electron chi connectivity index (χ4n) is 1.48. The van der Waals surface area contributed by atoms with E-state index in [1.807, 2.05) is 0 Å². The maximum atomic E-state index is 10.7. The molecule has 0 radical (unpaired) electrons. The van der Waals surface area contributed by atoms with Crippen LogP contribution in [0.3, 0.4) is 0 Å². The van der Waals surface area contributed by atoms with Gasteiger partial charge in [0, 0.05) is 4.88 Å². The molecule has 2 rings (SSSR count). The first kappa shape index (κ1) is 7.54. The topological polar surface area (TPSA) is 76.2 Å². The van der Waals surface area contributed by atoms with Crippen molar-refractivity contribution in [1.82, 2.24) is 4.98 Å². The van der Waals surface area contributed by atoms with Crippen molar-refractivity contribution in [2.24, 2.45) is 0 Å². The molecule has 0 spiro atoms. The zero-order chi connectivity index (χ0) is 8.72. The van der Waals surface area contributed by atoms with Gasteiger partial charge in [-0.1, -0.05) is 0 Å². The van der Waals surface area contributed by atoms with Crippen LogP contribution in [0.2, 0.25) is 0 Å². The summed E-state index contributed by atoms with van der Waals surface area (Å²) >= 11 is 1.30. The summed E-state index contributed by atoms with van der Waals surface area (Å²) in [5.74, 6) is -1.13. The van der Waals surface area contributed by atoms with E-state index in [2.05, 4.69) is 4.98 Å². The molecule has 0 saturated heterocycles. The third kappa shape index (κ3) is 0.972. The molecule has 0 fully saturated rings. The van der Waals surface area contributed by atoms with E-state index >= 15 is 0 Å². The Hall–Kier alpha value is -1.10. The molecular formula is C7H8N2O2S. The van der Waals surface area contributed by atoms with Crippen molar-refractivity contribution in [2.75, 3.05) is 5.73 Å². The Balaban J connectivity index is 2.41. The summed E-state index contributed by atoms with van der Waals surface area (Å²) in [7, 11) is 0. The number of nitrogen functional groups attached to an aromatic ring is 1. The van der Waals surface area contributed by atoms with Gasteiger partial charge in [-0.15, -0.1) is 11.3 Å². The normalized spacial score (nSPS) is 20.8. The summed E-state index contributed by atoms with van der Waals surface area (Å²) in [6, 6.07) is 0. The standard InChI is InChI=1S/C7H8N2O2S/c8-7-9-4-2-1-3(6(10)11)5(4)12-7/h3H,1-2H2,(H2,8,9)(H,10,11). The Labute approximate surface area is 73.0 Å². The molecule has 5 heteroatoms. The van der Waals surface area contributed by atoms with Crippen molar-refractivity contribution in [3.8, 4) is 0 Å². The highest BCUT2D eigenvalue weighted by atomic mass is 32.1. The van der Waals surface area contributed by atoms with Gasteiger partial charge in [-0.25, -0.2) is 4.98 Å². The largest absolute Gasteiger partial charge is 0.481 e. The molecule has 4 nitrogen and oxygen atoms in total. The first-order valence-corrected chi connectivity index (χ1v) is 4.48. The van der Waals surface area contributed by atoms with Gasteiger partial charge in [0.05, 0.1) is 11.6 Å². The molecule has 1 heterocycles. The second-order valence-corrected chi connectivity index (χ2v) is 3.85. The van der Waals surface area contributed by atoms with Crippen LogP contribution >= 0.6 is 11.3 Å². The molecule has 0 bridgehead atoms. The molecule has 0 saturated carbocycles. The number of thiazole rings is 1. The lowest BCUT2D eigenvalue weighted by molar-refractivity contribution is -0.138. The van der Waals surface area contributed by atoms with Gasteiger partial charge in [0.25, 0.3) is 0 Å². The van der Waals surface area contributed by atoms with Gasteiger partial charge in [0.15, 0.2) is 5.13 Å². The molecule has 1 aromatic heterocycles. The van der Waals surface area contributed by atoms with E-state index in [0.29, 0.717) is 11.6 Å². The highest BCUT2D eigenvalue weighted by Gasteiger charge is 2.31. The van der Waals surface area contributed by atoms with Crippen molar-refractivity contribution < 1.29 is 9.90 Å². The van der Waals surface area contributed by atoms with Gasteiger partial charge >= 0.3 is 5.97 Å². The van der Waals surface area contributed by atoms with E-state index in [4.69, 9.17) is 10.8 Å². The minimum Gasteiger partial charge on any atom is -0.481 e. The van der Waals surface area contributed by atoms with Crippen molar-refractivity contribution in [2.45, 2.75) is 18.8 Å². The molecular weight excluding hydrogens is 176 g/mol. The fourth-order valence-corrected chi connectivity index (χ4v) is 2.49. The third-order valence-electron chi connectivity index (χ3n) is 2.03.